The number of rotatable bonds is 10. The van der Waals surface area contributed by atoms with Crippen molar-refractivity contribution < 1.29 is 57.8 Å². The summed E-state index contributed by atoms with van der Waals surface area (Å²) in [7, 11) is 7.73. The molecule has 0 fully saturated rings. The summed E-state index contributed by atoms with van der Waals surface area (Å²) < 4.78 is 40.0. The number of ether oxygens (including phenoxy) is 7. The summed E-state index contributed by atoms with van der Waals surface area (Å²) in [5.74, 6) is -2.53. The van der Waals surface area contributed by atoms with Crippen LogP contribution >= 0.6 is 11.6 Å². The number of phenolic OH excluding ortho intramolecular Hbond substituents is 1. The van der Waals surface area contributed by atoms with E-state index in [1.807, 2.05) is 7.05 Å². The van der Waals surface area contributed by atoms with Crippen molar-refractivity contribution >= 4 is 29.1 Å². The summed E-state index contributed by atoms with van der Waals surface area (Å²) in [5.41, 5.74) is 0.795. The Hall–Kier alpha value is -5.34. The molecular formula is C39H41ClN2O12. The van der Waals surface area contributed by atoms with Gasteiger partial charge >= 0.3 is 0 Å². The van der Waals surface area contributed by atoms with Crippen LogP contribution in [0.25, 0.3) is 0 Å². The number of fused-ring (bicyclic) bond motifs is 3. The lowest BCUT2D eigenvalue weighted by Gasteiger charge is -2.38. The second-order valence-corrected chi connectivity index (χ2v) is 14.1. The summed E-state index contributed by atoms with van der Waals surface area (Å²) in [6, 6.07) is 5.83. The van der Waals surface area contributed by atoms with Crippen LogP contribution in [-0.2, 0) is 29.1 Å². The molecule has 3 heterocycles. The Morgan fingerprint density at radius 1 is 1.00 bits per heavy atom. The first-order chi connectivity index (χ1) is 25.9. The van der Waals surface area contributed by atoms with Crippen LogP contribution < -0.4 is 38.5 Å². The molecule has 286 valence electrons. The molecule has 7 rings (SSSR count). The number of allylic oxidation sites excluding steroid dienone is 1. The van der Waals surface area contributed by atoms with Crippen LogP contribution in [0.3, 0.4) is 0 Å². The zero-order valence-electron chi connectivity index (χ0n) is 30.7. The molecule has 1 spiro atoms. The monoisotopic (exact) mass is 764 g/mol. The molecule has 54 heavy (non-hydrogen) atoms. The number of methoxy groups -OCH3 is 4. The molecule has 0 saturated heterocycles. The van der Waals surface area contributed by atoms with Gasteiger partial charge in [-0.05, 0) is 36.7 Å². The predicted octanol–water partition coefficient (Wildman–Crippen LogP) is 5.02. The van der Waals surface area contributed by atoms with Crippen LogP contribution in [-0.4, -0.2) is 87.0 Å². The fourth-order valence-corrected chi connectivity index (χ4v) is 8.33. The van der Waals surface area contributed by atoms with Gasteiger partial charge in [-0.3, -0.25) is 14.4 Å². The fraction of sp³-hybridized carbons (Fsp3) is 0.410. The maximum atomic E-state index is 14.5. The summed E-state index contributed by atoms with van der Waals surface area (Å²) in [5, 5.41) is 25.7. The van der Waals surface area contributed by atoms with Crippen LogP contribution in [0.4, 0.5) is 0 Å². The van der Waals surface area contributed by atoms with E-state index in [-0.39, 0.29) is 71.1 Å². The molecule has 1 aliphatic carbocycles. The highest BCUT2D eigenvalue weighted by Crippen LogP contribution is 2.56. The zero-order chi connectivity index (χ0) is 38.6. The van der Waals surface area contributed by atoms with E-state index in [1.165, 1.54) is 45.6 Å². The number of aliphatic hydroxyl groups is 1. The predicted molar refractivity (Wildman–Crippen MR) is 194 cm³/mol. The highest BCUT2D eigenvalue weighted by atomic mass is 35.5. The molecule has 3 aromatic carbocycles. The lowest BCUT2D eigenvalue weighted by atomic mass is 9.69. The summed E-state index contributed by atoms with van der Waals surface area (Å²) in [6.45, 7) is 3.09. The highest BCUT2D eigenvalue weighted by molar-refractivity contribution is 6.35. The Morgan fingerprint density at radius 2 is 1.72 bits per heavy atom. The van der Waals surface area contributed by atoms with Crippen LogP contribution in [0.2, 0.25) is 5.02 Å². The van der Waals surface area contributed by atoms with Crippen molar-refractivity contribution in [3.8, 4) is 46.0 Å². The maximum absolute atomic E-state index is 14.5. The van der Waals surface area contributed by atoms with E-state index in [9.17, 15) is 24.6 Å². The number of carbonyl (C=O) groups excluding carboxylic acids is 3. The van der Waals surface area contributed by atoms with Crippen molar-refractivity contribution in [2.45, 2.75) is 50.8 Å². The van der Waals surface area contributed by atoms with E-state index in [2.05, 4.69) is 10.2 Å². The second-order valence-electron chi connectivity index (χ2n) is 13.7. The van der Waals surface area contributed by atoms with Gasteiger partial charge in [0, 0.05) is 67.1 Å². The average molecular weight is 765 g/mol. The molecule has 3 aliphatic heterocycles. The van der Waals surface area contributed by atoms with Gasteiger partial charge in [-0.15, -0.1) is 0 Å². The van der Waals surface area contributed by atoms with Crippen molar-refractivity contribution in [2.75, 3.05) is 48.8 Å². The van der Waals surface area contributed by atoms with Crippen molar-refractivity contribution in [1.29, 1.82) is 0 Å². The number of aromatic hydroxyl groups is 1. The van der Waals surface area contributed by atoms with Gasteiger partial charge in [0.1, 0.15) is 22.1 Å². The van der Waals surface area contributed by atoms with Crippen molar-refractivity contribution in [1.82, 2.24) is 10.2 Å². The third-order valence-electron chi connectivity index (χ3n) is 10.8. The van der Waals surface area contributed by atoms with Crippen molar-refractivity contribution in [2.24, 2.45) is 5.92 Å². The van der Waals surface area contributed by atoms with Gasteiger partial charge in [0.15, 0.2) is 40.3 Å². The molecule has 0 saturated carbocycles. The Bertz CT molecular complexity index is 2120. The third kappa shape index (κ3) is 5.70. The Kier molecular flexibility index (Phi) is 9.69. The van der Waals surface area contributed by atoms with Crippen LogP contribution in [0.1, 0.15) is 58.3 Å². The Labute approximate surface area is 316 Å². The van der Waals surface area contributed by atoms with Crippen LogP contribution in [0.5, 0.6) is 46.0 Å². The number of ketones is 2. The number of nitrogens with zero attached hydrogens (tertiary/aromatic N) is 1. The lowest BCUT2D eigenvalue weighted by Crippen LogP contribution is -2.53. The number of carbonyl (C=O) groups is 3. The largest absolute Gasteiger partial charge is 0.507 e. The molecule has 3 atom stereocenters. The summed E-state index contributed by atoms with van der Waals surface area (Å²) in [6.07, 6.45) is 0.134. The smallest absolute Gasteiger partial charge is 0.231 e. The van der Waals surface area contributed by atoms with E-state index >= 15 is 0 Å². The number of amides is 1. The molecule has 0 bridgehead atoms. The van der Waals surface area contributed by atoms with Crippen LogP contribution in [0, 0.1) is 5.92 Å². The van der Waals surface area contributed by atoms with Gasteiger partial charge in [0.05, 0.1) is 28.4 Å². The van der Waals surface area contributed by atoms with E-state index in [0.717, 1.165) is 23.2 Å². The lowest BCUT2D eigenvalue weighted by molar-refractivity contribution is -0.122. The summed E-state index contributed by atoms with van der Waals surface area (Å²) in [4.78, 5) is 44.8. The number of halogens is 1. The van der Waals surface area contributed by atoms with Gasteiger partial charge in [0.25, 0.3) is 0 Å². The minimum absolute atomic E-state index is 0.000372. The SMILES string of the molecule is COc1cc(C(CC(=O)NCc2c3c(c(OC)c4c2OCO4)CN(C)CC3)C2=C(O)C3(Oc4c(Cl)c(OC)cc(OC)c4C3=O)C(C)CC2=O)ccc1O. The number of benzene rings is 3. The first-order valence-electron chi connectivity index (χ1n) is 17.4. The molecule has 0 aromatic heterocycles. The number of phenols is 1. The van der Waals surface area contributed by atoms with E-state index in [0.29, 0.717) is 35.8 Å². The molecule has 3 aromatic rings. The number of nitrogens with one attached hydrogen (secondary N) is 1. The topological polar surface area (TPSA) is 172 Å². The van der Waals surface area contributed by atoms with Gasteiger partial charge in [0.2, 0.25) is 29.8 Å². The van der Waals surface area contributed by atoms with Gasteiger partial charge in [-0.1, -0.05) is 24.6 Å². The maximum Gasteiger partial charge on any atom is 0.231 e. The van der Waals surface area contributed by atoms with Crippen LogP contribution in [0.15, 0.2) is 35.6 Å². The Morgan fingerprint density at radius 3 is 2.43 bits per heavy atom. The standard InChI is InChI=1S/C39H41ClN2O12/c1-18-11-25(44)30(37(46)39(18)38(47)31-27(49-4)14-28(50-5)32(40)35(31)54-39)21(19-7-8-24(43)26(12-19)48-3)13-29(45)41-15-22-20-9-10-42(2)16-23(20)33(51-6)36-34(22)52-17-53-36/h7-8,12,14,18,21,43,46H,9-11,13,15-17H2,1-6H3,(H,41,45). The van der Waals surface area contributed by atoms with Crippen molar-refractivity contribution in [3.63, 3.8) is 0 Å². The third-order valence-corrected chi connectivity index (χ3v) is 11.1. The average Bonchev–Trinajstić information content (AvgIpc) is 3.76. The van der Waals surface area contributed by atoms with E-state index in [4.69, 9.17) is 44.8 Å². The molecule has 3 unspecified atom stereocenters. The number of hydrogen-bond acceptors (Lipinski definition) is 13. The molecule has 14 nitrogen and oxygen atoms in total. The molecule has 0 radical (unpaired) electrons. The molecular weight excluding hydrogens is 724 g/mol. The van der Waals surface area contributed by atoms with E-state index in [1.54, 1.807) is 14.0 Å². The molecule has 15 heteroatoms. The molecule has 3 N–H and O–H groups in total. The van der Waals surface area contributed by atoms with E-state index < -0.39 is 40.7 Å². The van der Waals surface area contributed by atoms with Gasteiger partial charge < -0.3 is 53.6 Å². The number of hydrogen-bond donors (Lipinski definition) is 3. The first-order valence-corrected chi connectivity index (χ1v) is 17.7. The van der Waals surface area contributed by atoms with Crippen molar-refractivity contribution in [3.05, 3.63) is 68.4 Å². The first kappa shape index (κ1) is 37.0. The quantitative estimate of drug-likeness (QED) is 0.252. The number of aliphatic hydroxyl groups excluding tert-OH is 1. The number of Topliss-reactive ketones (excluding diaryl/α,β-unsaturated/α-hetero) is 2. The normalized spacial score (nSPS) is 20.7. The molecule has 1 amide bonds. The molecule has 4 aliphatic rings. The second kappa shape index (κ2) is 14.1. The minimum atomic E-state index is -2.07. The van der Waals surface area contributed by atoms with Gasteiger partial charge in [-0.2, -0.15) is 0 Å². The number of likely N-dealkylation sites (N-methyl/N-ethyl adjacent to an activating group) is 1. The fourth-order valence-electron chi connectivity index (χ4n) is 8.07. The highest BCUT2D eigenvalue weighted by Gasteiger charge is 2.61. The Balaban J connectivity index is 1.29. The van der Waals surface area contributed by atoms with Gasteiger partial charge in [-0.25, -0.2) is 0 Å². The minimum Gasteiger partial charge on any atom is -0.507 e. The summed E-state index contributed by atoms with van der Waals surface area (Å²) >= 11 is 6.64. The zero-order valence-corrected chi connectivity index (χ0v) is 31.5.